The smallest absolute Gasteiger partial charge is 0.261 e. The minimum Gasteiger partial charge on any atom is -0.493 e. The Balaban J connectivity index is 1.47. The van der Waals surface area contributed by atoms with Crippen LogP contribution < -0.4 is 19.7 Å². The minimum absolute atomic E-state index is 0.0492. The Morgan fingerprint density at radius 2 is 1.94 bits per heavy atom. The molecule has 1 amide bonds. The number of hydrogen-bond donors (Lipinski definition) is 2. The third-order valence-electron chi connectivity index (χ3n) is 6.10. The topological polar surface area (TPSA) is 88.7 Å². The number of ether oxygens (including phenoxy) is 3. The highest BCUT2D eigenvalue weighted by Crippen LogP contribution is 2.35. The number of aromatic amines is 1. The van der Waals surface area contributed by atoms with Gasteiger partial charge < -0.3 is 24.4 Å². The number of anilines is 1. The van der Waals surface area contributed by atoms with Gasteiger partial charge in [-0.2, -0.15) is 5.10 Å². The lowest BCUT2D eigenvalue weighted by Gasteiger charge is -2.28. The zero-order valence-electron chi connectivity index (χ0n) is 20.2. The van der Waals surface area contributed by atoms with E-state index < -0.39 is 0 Å². The van der Waals surface area contributed by atoms with Gasteiger partial charge in [0.15, 0.2) is 11.5 Å². The number of thiophene rings is 1. The standard InChI is InChI=1S/C25H32N4O4S/c1-16-20(17(2)28-27-16)14-19-15-23(34-25(19)29-9-11-33-12-10-29)24(30)26-8-7-18-5-6-21(31-3)22(13-18)32-4/h5-6,13,15H,7-12,14H2,1-4H3,(H,26,30)(H,27,28). The molecule has 3 heterocycles. The second kappa shape index (κ2) is 10.9. The number of aryl methyl sites for hydroxylation is 2. The highest BCUT2D eigenvalue weighted by molar-refractivity contribution is 7.18. The molecule has 0 aliphatic carbocycles. The molecule has 0 unspecified atom stereocenters. The van der Waals surface area contributed by atoms with Gasteiger partial charge in [0.05, 0.1) is 43.0 Å². The quantitative estimate of drug-likeness (QED) is 0.483. The monoisotopic (exact) mass is 484 g/mol. The normalized spacial score (nSPS) is 13.7. The van der Waals surface area contributed by atoms with E-state index in [1.165, 1.54) is 5.56 Å². The maximum Gasteiger partial charge on any atom is 0.261 e. The van der Waals surface area contributed by atoms with E-state index in [1.54, 1.807) is 25.6 Å². The minimum atomic E-state index is -0.0492. The molecule has 4 rings (SSSR count). The van der Waals surface area contributed by atoms with Crippen LogP contribution in [0.4, 0.5) is 5.00 Å². The summed E-state index contributed by atoms with van der Waals surface area (Å²) in [6, 6.07) is 7.85. The van der Waals surface area contributed by atoms with Crippen LogP contribution in [0.15, 0.2) is 24.3 Å². The summed E-state index contributed by atoms with van der Waals surface area (Å²) < 4.78 is 16.2. The van der Waals surface area contributed by atoms with Crippen molar-refractivity contribution in [2.75, 3.05) is 52.0 Å². The summed E-state index contributed by atoms with van der Waals surface area (Å²) in [6.45, 7) is 7.66. The van der Waals surface area contributed by atoms with Crippen LogP contribution in [0.5, 0.6) is 11.5 Å². The van der Waals surface area contributed by atoms with Gasteiger partial charge in [-0.25, -0.2) is 0 Å². The van der Waals surface area contributed by atoms with Crippen LogP contribution in [0.3, 0.4) is 0 Å². The molecule has 0 atom stereocenters. The van der Waals surface area contributed by atoms with Crippen LogP contribution in [0, 0.1) is 13.8 Å². The summed E-state index contributed by atoms with van der Waals surface area (Å²) in [5.74, 6) is 1.33. The average molecular weight is 485 g/mol. The molecule has 0 bridgehead atoms. The number of carbonyl (C=O) groups excluding carboxylic acids is 1. The van der Waals surface area contributed by atoms with Gasteiger partial charge in [0.1, 0.15) is 0 Å². The number of hydrogen-bond acceptors (Lipinski definition) is 7. The highest BCUT2D eigenvalue weighted by Gasteiger charge is 2.22. The molecular weight excluding hydrogens is 452 g/mol. The molecular formula is C25H32N4O4S. The number of nitrogens with zero attached hydrogens (tertiary/aromatic N) is 2. The van der Waals surface area contributed by atoms with Crippen LogP contribution in [-0.4, -0.2) is 63.2 Å². The predicted molar refractivity (Wildman–Crippen MR) is 134 cm³/mol. The summed E-state index contributed by atoms with van der Waals surface area (Å²) in [5, 5.41) is 11.6. The molecule has 0 spiro atoms. The molecule has 1 fully saturated rings. The first kappa shape index (κ1) is 24.1. The highest BCUT2D eigenvalue weighted by atomic mass is 32.1. The SMILES string of the molecule is COc1ccc(CCNC(=O)c2cc(Cc3c(C)n[nH]c3C)c(N3CCOCC3)s2)cc1OC. The zero-order chi connectivity index (χ0) is 24.1. The molecule has 182 valence electrons. The van der Waals surface area contributed by atoms with Crippen molar-refractivity contribution in [3.63, 3.8) is 0 Å². The van der Waals surface area contributed by atoms with Gasteiger partial charge in [-0.15, -0.1) is 11.3 Å². The number of carbonyl (C=O) groups is 1. The van der Waals surface area contributed by atoms with Crippen molar-refractivity contribution in [2.45, 2.75) is 26.7 Å². The molecule has 34 heavy (non-hydrogen) atoms. The number of H-pyrrole nitrogens is 1. The lowest BCUT2D eigenvalue weighted by molar-refractivity contribution is 0.0958. The molecule has 9 heteroatoms. The first-order chi connectivity index (χ1) is 16.5. The predicted octanol–water partition coefficient (Wildman–Crippen LogP) is 3.51. The Morgan fingerprint density at radius 1 is 1.18 bits per heavy atom. The third kappa shape index (κ3) is 5.37. The number of amides is 1. The molecule has 0 radical (unpaired) electrons. The number of rotatable bonds is 9. The third-order valence-corrected chi connectivity index (χ3v) is 7.34. The van der Waals surface area contributed by atoms with Gasteiger partial charge in [-0.3, -0.25) is 9.89 Å². The van der Waals surface area contributed by atoms with E-state index in [1.807, 2.05) is 38.1 Å². The van der Waals surface area contributed by atoms with Gasteiger partial charge in [-0.05, 0) is 49.6 Å². The van der Waals surface area contributed by atoms with Gasteiger partial charge in [0, 0.05) is 37.3 Å². The van der Waals surface area contributed by atoms with Crippen LogP contribution in [0.2, 0.25) is 0 Å². The Morgan fingerprint density at radius 3 is 2.62 bits per heavy atom. The molecule has 0 saturated carbocycles. The zero-order valence-corrected chi connectivity index (χ0v) is 21.0. The van der Waals surface area contributed by atoms with Crippen molar-refractivity contribution in [1.29, 1.82) is 0 Å². The molecule has 1 aliphatic heterocycles. The van der Waals surface area contributed by atoms with Crippen LogP contribution >= 0.6 is 11.3 Å². The van der Waals surface area contributed by atoms with Crippen molar-refractivity contribution in [2.24, 2.45) is 0 Å². The lowest BCUT2D eigenvalue weighted by Crippen LogP contribution is -2.36. The first-order valence-corrected chi connectivity index (χ1v) is 12.3. The van der Waals surface area contributed by atoms with Crippen LogP contribution in [-0.2, 0) is 17.6 Å². The number of benzene rings is 1. The second-order valence-electron chi connectivity index (χ2n) is 8.33. The van der Waals surface area contributed by atoms with E-state index in [2.05, 4.69) is 20.4 Å². The van der Waals surface area contributed by atoms with E-state index in [-0.39, 0.29) is 5.91 Å². The summed E-state index contributed by atoms with van der Waals surface area (Å²) in [4.78, 5) is 16.1. The maximum absolute atomic E-state index is 13.0. The van der Waals surface area contributed by atoms with Crippen molar-refractivity contribution < 1.29 is 19.0 Å². The summed E-state index contributed by atoms with van der Waals surface area (Å²) in [7, 11) is 3.24. The summed E-state index contributed by atoms with van der Waals surface area (Å²) in [6.07, 6.45) is 1.45. The Bertz CT molecular complexity index is 1110. The number of morpholine rings is 1. The number of nitrogens with one attached hydrogen (secondary N) is 2. The molecule has 2 aromatic heterocycles. The molecule has 1 aliphatic rings. The average Bonchev–Trinajstić information content (AvgIpc) is 3.43. The van der Waals surface area contributed by atoms with Gasteiger partial charge in [0.25, 0.3) is 5.91 Å². The summed E-state index contributed by atoms with van der Waals surface area (Å²) >= 11 is 1.56. The van der Waals surface area contributed by atoms with Gasteiger partial charge >= 0.3 is 0 Å². The van der Waals surface area contributed by atoms with Crippen LogP contribution in [0.25, 0.3) is 0 Å². The van der Waals surface area contributed by atoms with Crippen molar-refractivity contribution in [3.8, 4) is 11.5 Å². The van der Waals surface area contributed by atoms with Gasteiger partial charge in [0.2, 0.25) is 0 Å². The maximum atomic E-state index is 13.0. The van der Waals surface area contributed by atoms with Gasteiger partial charge in [-0.1, -0.05) is 6.07 Å². The van der Waals surface area contributed by atoms with Crippen LogP contribution in [0.1, 0.15) is 37.7 Å². The molecule has 3 aromatic rings. The first-order valence-electron chi connectivity index (χ1n) is 11.4. The Kier molecular flexibility index (Phi) is 7.74. The largest absolute Gasteiger partial charge is 0.493 e. The van der Waals surface area contributed by atoms with E-state index in [0.717, 1.165) is 51.9 Å². The number of methoxy groups -OCH3 is 2. The fourth-order valence-electron chi connectivity index (χ4n) is 4.16. The molecule has 2 N–H and O–H groups in total. The van der Waals surface area contributed by atoms with E-state index >= 15 is 0 Å². The molecule has 1 saturated heterocycles. The molecule has 1 aromatic carbocycles. The van der Waals surface area contributed by atoms with E-state index in [9.17, 15) is 4.79 Å². The van der Waals surface area contributed by atoms with Crippen molar-refractivity contribution >= 4 is 22.2 Å². The van der Waals surface area contributed by atoms with E-state index in [0.29, 0.717) is 37.7 Å². The van der Waals surface area contributed by atoms with E-state index in [4.69, 9.17) is 14.2 Å². The number of aromatic nitrogens is 2. The second-order valence-corrected chi connectivity index (χ2v) is 9.36. The van der Waals surface area contributed by atoms with Crippen molar-refractivity contribution in [3.05, 3.63) is 57.2 Å². The lowest BCUT2D eigenvalue weighted by atomic mass is 10.0. The summed E-state index contributed by atoms with van der Waals surface area (Å²) in [5.41, 5.74) is 5.48. The Labute approximate surface area is 204 Å². The fraction of sp³-hybridized carbons (Fsp3) is 0.440. The molecule has 8 nitrogen and oxygen atoms in total. The van der Waals surface area contributed by atoms with Crippen molar-refractivity contribution in [1.82, 2.24) is 15.5 Å². The Hall–Kier alpha value is -3.04. The fourth-order valence-corrected chi connectivity index (χ4v) is 5.31.